The topological polar surface area (TPSA) is 90.9 Å². The average Bonchev–Trinajstić information content (AvgIpc) is 2.68. The second-order valence-corrected chi connectivity index (χ2v) is 5.92. The number of esters is 1. The summed E-state index contributed by atoms with van der Waals surface area (Å²) < 4.78 is 15.9. The molecule has 0 saturated heterocycles. The fourth-order valence-corrected chi connectivity index (χ4v) is 2.30. The Hall–Kier alpha value is -3.35. The van der Waals surface area contributed by atoms with Crippen LogP contribution in [-0.4, -0.2) is 37.0 Å². The van der Waals surface area contributed by atoms with Crippen molar-refractivity contribution in [3.8, 4) is 11.5 Å². The lowest BCUT2D eigenvalue weighted by Gasteiger charge is -2.15. The molecule has 28 heavy (non-hydrogen) atoms. The van der Waals surface area contributed by atoms with Crippen LogP contribution in [0.25, 0.3) is 0 Å². The first-order chi connectivity index (χ1) is 13.4. The van der Waals surface area contributed by atoms with Gasteiger partial charge >= 0.3 is 5.97 Å². The van der Waals surface area contributed by atoms with Crippen molar-refractivity contribution in [2.45, 2.75) is 26.9 Å². The molecule has 0 aliphatic carbocycles. The standard InChI is InChI=1S/C21H23NO6/c1-4-26-18-7-5-6-8-19(18)27-13-20(24)28-15(3)21(25)22-17-11-9-16(10-12-17)14(2)23/h5-12,15H,4,13H2,1-3H3,(H,22,25). The molecule has 2 aromatic rings. The molecule has 7 heteroatoms. The number of Topliss-reactive ketones (excluding diaryl/α,β-unsaturated/α-hetero) is 1. The van der Waals surface area contributed by atoms with Gasteiger partial charge in [0.25, 0.3) is 5.91 Å². The Kier molecular flexibility index (Phi) is 7.56. The summed E-state index contributed by atoms with van der Waals surface area (Å²) in [5, 5.41) is 2.62. The van der Waals surface area contributed by atoms with Crippen LogP contribution >= 0.6 is 0 Å². The average molecular weight is 385 g/mol. The van der Waals surface area contributed by atoms with Crippen molar-refractivity contribution in [1.29, 1.82) is 0 Å². The SMILES string of the molecule is CCOc1ccccc1OCC(=O)OC(C)C(=O)Nc1ccc(C(C)=O)cc1. The van der Waals surface area contributed by atoms with E-state index >= 15 is 0 Å². The van der Waals surface area contributed by atoms with E-state index < -0.39 is 18.0 Å². The second kappa shape index (κ2) is 10.1. The number of carbonyl (C=O) groups excluding carboxylic acids is 3. The third kappa shape index (κ3) is 6.12. The first kappa shape index (κ1) is 21.0. The highest BCUT2D eigenvalue weighted by Crippen LogP contribution is 2.26. The minimum atomic E-state index is -1.01. The smallest absolute Gasteiger partial charge is 0.344 e. The molecule has 148 valence electrons. The Bertz CT molecular complexity index is 831. The summed E-state index contributed by atoms with van der Waals surface area (Å²) in [6.07, 6.45) is -1.01. The quantitative estimate of drug-likeness (QED) is 0.526. The Balaban J connectivity index is 1.84. The fourth-order valence-electron chi connectivity index (χ4n) is 2.30. The lowest BCUT2D eigenvalue weighted by molar-refractivity contribution is -0.155. The van der Waals surface area contributed by atoms with Crippen molar-refractivity contribution in [3.63, 3.8) is 0 Å². The number of rotatable bonds is 9. The van der Waals surface area contributed by atoms with Crippen LogP contribution in [0.3, 0.4) is 0 Å². The number of carbonyl (C=O) groups is 3. The van der Waals surface area contributed by atoms with Gasteiger partial charge in [-0.2, -0.15) is 0 Å². The van der Waals surface area contributed by atoms with E-state index in [1.54, 1.807) is 48.5 Å². The maximum Gasteiger partial charge on any atom is 0.344 e. The third-order valence-corrected chi connectivity index (χ3v) is 3.73. The summed E-state index contributed by atoms with van der Waals surface area (Å²) in [6, 6.07) is 13.4. The molecule has 0 fully saturated rings. The van der Waals surface area contributed by atoms with Gasteiger partial charge in [-0.05, 0) is 57.2 Å². The van der Waals surface area contributed by atoms with Crippen LogP contribution in [0.2, 0.25) is 0 Å². The molecule has 0 spiro atoms. The van der Waals surface area contributed by atoms with Crippen LogP contribution in [0, 0.1) is 0 Å². The highest BCUT2D eigenvalue weighted by atomic mass is 16.6. The Labute approximate surface area is 163 Å². The predicted octanol–water partition coefficient (Wildman–Crippen LogP) is 3.24. The molecule has 0 heterocycles. The summed E-state index contributed by atoms with van der Waals surface area (Å²) in [7, 11) is 0. The number of benzene rings is 2. The first-order valence-corrected chi connectivity index (χ1v) is 8.86. The minimum Gasteiger partial charge on any atom is -0.490 e. The van der Waals surface area contributed by atoms with Gasteiger partial charge in [-0.3, -0.25) is 9.59 Å². The van der Waals surface area contributed by atoms with Crippen LogP contribution in [0.15, 0.2) is 48.5 Å². The molecule has 0 aliphatic heterocycles. The number of hydrogen-bond donors (Lipinski definition) is 1. The maximum atomic E-state index is 12.2. The third-order valence-electron chi connectivity index (χ3n) is 3.73. The number of ether oxygens (including phenoxy) is 3. The lowest BCUT2D eigenvalue weighted by Crippen LogP contribution is -2.31. The van der Waals surface area contributed by atoms with Crippen LogP contribution in [0.5, 0.6) is 11.5 Å². The van der Waals surface area contributed by atoms with E-state index in [0.717, 1.165) is 0 Å². The van der Waals surface area contributed by atoms with Crippen molar-refractivity contribution in [2.75, 3.05) is 18.5 Å². The van der Waals surface area contributed by atoms with Gasteiger partial charge in [-0.25, -0.2) is 4.79 Å². The molecule has 7 nitrogen and oxygen atoms in total. The van der Waals surface area contributed by atoms with Gasteiger partial charge in [0, 0.05) is 11.3 Å². The molecule has 2 aromatic carbocycles. The molecule has 1 atom stereocenters. The van der Waals surface area contributed by atoms with Gasteiger partial charge in [-0.15, -0.1) is 0 Å². The highest BCUT2D eigenvalue weighted by Gasteiger charge is 2.19. The van der Waals surface area contributed by atoms with E-state index in [0.29, 0.717) is 29.4 Å². The number of para-hydroxylation sites is 2. The number of nitrogens with one attached hydrogen (secondary N) is 1. The molecule has 0 saturated carbocycles. The summed E-state index contributed by atoms with van der Waals surface area (Å²) >= 11 is 0. The Morgan fingerprint density at radius 2 is 1.57 bits per heavy atom. The molecular weight excluding hydrogens is 362 g/mol. The zero-order valence-corrected chi connectivity index (χ0v) is 16.1. The van der Waals surface area contributed by atoms with Gasteiger partial charge in [0.05, 0.1) is 6.61 Å². The number of ketones is 1. The van der Waals surface area contributed by atoms with Crippen LogP contribution in [-0.2, 0) is 14.3 Å². The van der Waals surface area contributed by atoms with E-state index in [1.165, 1.54) is 13.8 Å². The van der Waals surface area contributed by atoms with Crippen LogP contribution in [0.4, 0.5) is 5.69 Å². The van der Waals surface area contributed by atoms with E-state index in [9.17, 15) is 14.4 Å². The normalized spacial score (nSPS) is 11.2. The second-order valence-electron chi connectivity index (χ2n) is 5.92. The van der Waals surface area contributed by atoms with Crippen molar-refractivity contribution in [1.82, 2.24) is 0 Å². The molecule has 0 bridgehead atoms. The van der Waals surface area contributed by atoms with E-state index in [-0.39, 0.29) is 12.4 Å². The zero-order chi connectivity index (χ0) is 20.5. The molecule has 1 amide bonds. The Morgan fingerprint density at radius 1 is 0.964 bits per heavy atom. The summed E-state index contributed by atoms with van der Waals surface area (Å²) in [4.78, 5) is 35.4. The van der Waals surface area contributed by atoms with Crippen LogP contribution < -0.4 is 14.8 Å². The predicted molar refractivity (Wildman–Crippen MR) is 104 cm³/mol. The minimum absolute atomic E-state index is 0.0638. The first-order valence-electron chi connectivity index (χ1n) is 8.86. The molecule has 1 N–H and O–H groups in total. The van der Waals surface area contributed by atoms with Gasteiger partial charge in [0.1, 0.15) is 0 Å². The molecule has 0 radical (unpaired) electrons. The van der Waals surface area contributed by atoms with Crippen molar-refractivity contribution in [3.05, 3.63) is 54.1 Å². The molecular formula is C21H23NO6. The van der Waals surface area contributed by atoms with Crippen LogP contribution in [0.1, 0.15) is 31.1 Å². The van der Waals surface area contributed by atoms with Gasteiger partial charge in [-0.1, -0.05) is 12.1 Å². The van der Waals surface area contributed by atoms with E-state index in [1.807, 2.05) is 6.92 Å². The molecule has 2 rings (SSSR count). The highest BCUT2D eigenvalue weighted by molar-refractivity contribution is 5.97. The van der Waals surface area contributed by atoms with Gasteiger partial charge in [0.2, 0.25) is 0 Å². The van der Waals surface area contributed by atoms with Gasteiger partial charge in [0.15, 0.2) is 30.0 Å². The zero-order valence-electron chi connectivity index (χ0n) is 16.1. The summed E-state index contributed by atoms with van der Waals surface area (Å²) in [5.74, 6) is -0.285. The number of amides is 1. The lowest BCUT2D eigenvalue weighted by atomic mass is 10.1. The fraction of sp³-hybridized carbons (Fsp3) is 0.286. The monoisotopic (exact) mass is 385 g/mol. The maximum absolute atomic E-state index is 12.2. The van der Waals surface area contributed by atoms with Crippen molar-refractivity contribution in [2.24, 2.45) is 0 Å². The molecule has 0 aliphatic rings. The summed E-state index contributed by atoms with van der Waals surface area (Å²) in [6.45, 7) is 4.89. The number of anilines is 1. The van der Waals surface area contributed by atoms with Crippen molar-refractivity contribution >= 4 is 23.3 Å². The van der Waals surface area contributed by atoms with E-state index in [2.05, 4.69) is 5.32 Å². The summed E-state index contributed by atoms with van der Waals surface area (Å²) in [5.41, 5.74) is 1.04. The largest absolute Gasteiger partial charge is 0.490 e. The van der Waals surface area contributed by atoms with Gasteiger partial charge < -0.3 is 19.5 Å². The van der Waals surface area contributed by atoms with E-state index in [4.69, 9.17) is 14.2 Å². The number of hydrogen-bond acceptors (Lipinski definition) is 6. The molecule has 1 unspecified atom stereocenters. The Morgan fingerprint density at radius 3 is 2.14 bits per heavy atom. The molecule has 0 aromatic heterocycles. The van der Waals surface area contributed by atoms with Crippen molar-refractivity contribution < 1.29 is 28.6 Å².